The van der Waals surface area contributed by atoms with Crippen LogP contribution in [0.2, 0.25) is 0 Å². The molecule has 5 heteroatoms. The fraction of sp³-hybridized carbons (Fsp3) is 0.125. The third-order valence-corrected chi connectivity index (χ3v) is 2.90. The number of amides is 1. The average Bonchev–Trinajstić information content (AvgIpc) is 2.54. The zero-order chi connectivity index (χ0) is 15.1. The molecule has 0 fully saturated rings. The summed E-state index contributed by atoms with van der Waals surface area (Å²) in [6.07, 6.45) is -0.895. The molecule has 1 amide bonds. The van der Waals surface area contributed by atoms with Gasteiger partial charge in [-0.2, -0.15) is 5.26 Å². The van der Waals surface area contributed by atoms with Crippen molar-refractivity contribution >= 4 is 11.6 Å². The Morgan fingerprint density at radius 3 is 2.67 bits per heavy atom. The van der Waals surface area contributed by atoms with Crippen LogP contribution in [0.15, 0.2) is 54.6 Å². The van der Waals surface area contributed by atoms with Gasteiger partial charge in [0.05, 0.1) is 29.8 Å². The van der Waals surface area contributed by atoms with Crippen LogP contribution in [-0.4, -0.2) is 11.0 Å². The Morgan fingerprint density at radius 1 is 1.19 bits per heavy atom. The van der Waals surface area contributed by atoms with Gasteiger partial charge in [-0.25, -0.2) is 0 Å². The summed E-state index contributed by atoms with van der Waals surface area (Å²) in [6, 6.07) is 17.7. The van der Waals surface area contributed by atoms with Crippen LogP contribution in [-0.2, 0) is 4.79 Å². The molecule has 0 radical (unpaired) electrons. The van der Waals surface area contributed by atoms with E-state index in [0.29, 0.717) is 16.8 Å². The van der Waals surface area contributed by atoms with Crippen LogP contribution in [0, 0.1) is 11.3 Å². The molecule has 0 aliphatic rings. The molecule has 0 bridgehead atoms. The normalized spacial score (nSPS) is 11.2. The van der Waals surface area contributed by atoms with E-state index in [0.717, 1.165) is 0 Å². The number of nitrogens with one attached hydrogen (secondary N) is 2. The smallest absolute Gasteiger partial charge is 0.241 e. The summed E-state index contributed by atoms with van der Waals surface area (Å²) in [5.74, 6) is -0.339. The van der Waals surface area contributed by atoms with E-state index in [1.165, 1.54) is 0 Å². The van der Waals surface area contributed by atoms with Gasteiger partial charge in [0, 0.05) is 0 Å². The Balaban J connectivity index is 1.86. The van der Waals surface area contributed by atoms with Gasteiger partial charge in [-0.1, -0.05) is 36.4 Å². The van der Waals surface area contributed by atoms with Gasteiger partial charge in [-0.05, 0) is 23.8 Å². The molecule has 5 nitrogen and oxygen atoms in total. The molecule has 2 aromatic carbocycles. The minimum absolute atomic E-state index is 0.0467. The second-order valence-electron chi connectivity index (χ2n) is 4.50. The van der Waals surface area contributed by atoms with Crippen molar-refractivity contribution in [3.63, 3.8) is 0 Å². The first-order valence-corrected chi connectivity index (χ1v) is 6.47. The quantitative estimate of drug-likeness (QED) is 0.733. The largest absolute Gasteiger partial charge is 0.388 e. The highest BCUT2D eigenvalue weighted by Gasteiger charge is 2.12. The second kappa shape index (κ2) is 7.08. The minimum atomic E-state index is -0.849. The Morgan fingerprint density at radius 2 is 1.95 bits per heavy atom. The molecule has 2 rings (SSSR count). The number of rotatable bonds is 5. The number of nitriles is 1. The molecule has 0 saturated heterocycles. The van der Waals surface area contributed by atoms with Gasteiger partial charge in [0.25, 0.3) is 0 Å². The minimum Gasteiger partial charge on any atom is -0.388 e. The molecule has 106 valence electrons. The number of hydrazine groups is 1. The molecule has 1 unspecified atom stereocenters. The van der Waals surface area contributed by atoms with E-state index >= 15 is 0 Å². The topological polar surface area (TPSA) is 85.2 Å². The van der Waals surface area contributed by atoms with Crippen LogP contribution in [0.1, 0.15) is 23.7 Å². The molecule has 21 heavy (non-hydrogen) atoms. The predicted molar refractivity (Wildman–Crippen MR) is 78.9 cm³/mol. The summed E-state index contributed by atoms with van der Waals surface area (Å²) < 4.78 is 0. The first-order chi connectivity index (χ1) is 10.2. The number of anilines is 1. The monoisotopic (exact) mass is 281 g/mol. The van der Waals surface area contributed by atoms with Crippen molar-refractivity contribution in [1.29, 1.82) is 5.26 Å². The second-order valence-corrected chi connectivity index (χ2v) is 4.50. The standard InChI is InChI=1S/C16H15N3O2/c17-11-12-5-4-8-14(9-12)18-19-16(21)10-15(20)13-6-2-1-3-7-13/h1-9,15,18,20H,10H2,(H,19,21). The molecule has 0 heterocycles. The zero-order valence-corrected chi connectivity index (χ0v) is 11.3. The molecule has 2 aromatic rings. The van der Waals surface area contributed by atoms with Crippen molar-refractivity contribution in [2.75, 3.05) is 5.43 Å². The highest BCUT2D eigenvalue weighted by molar-refractivity contribution is 5.78. The van der Waals surface area contributed by atoms with Crippen molar-refractivity contribution in [2.45, 2.75) is 12.5 Å². The van der Waals surface area contributed by atoms with Crippen LogP contribution < -0.4 is 10.9 Å². The summed E-state index contributed by atoms with van der Waals surface area (Å²) in [7, 11) is 0. The van der Waals surface area contributed by atoms with Crippen LogP contribution in [0.25, 0.3) is 0 Å². The predicted octanol–water partition coefficient (Wildman–Crippen LogP) is 2.13. The Hall–Kier alpha value is -2.84. The molecule has 3 N–H and O–H groups in total. The van der Waals surface area contributed by atoms with Crippen LogP contribution in [0.4, 0.5) is 5.69 Å². The van der Waals surface area contributed by atoms with Gasteiger partial charge in [-0.15, -0.1) is 0 Å². The first kappa shape index (κ1) is 14.6. The Labute approximate surface area is 122 Å². The highest BCUT2D eigenvalue weighted by Crippen LogP contribution is 2.15. The summed E-state index contributed by atoms with van der Waals surface area (Å²) in [5, 5.41) is 18.7. The molecule has 0 spiro atoms. The summed E-state index contributed by atoms with van der Waals surface area (Å²) >= 11 is 0. The molecule has 0 saturated carbocycles. The lowest BCUT2D eigenvalue weighted by Crippen LogP contribution is -2.30. The SMILES string of the molecule is N#Cc1cccc(NNC(=O)CC(O)c2ccccc2)c1. The molecule has 0 aliphatic carbocycles. The van der Waals surface area contributed by atoms with Crippen molar-refractivity contribution < 1.29 is 9.90 Å². The maximum Gasteiger partial charge on any atom is 0.241 e. The number of nitrogens with zero attached hydrogens (tertiary/aromatic N) is 1. The van der Waals surface area contributed by atoms with Gasteiger partial charge in [0.2, 0.25) is 5.91 Å². The third kappa shape index (κ3) is 4.34. The van der Waals surface area contributed by atoms with Gasteiger partial charge in [0.15, 0.2) is 0 Å². The summed E-state index contributed by atoms with van der Waals surface area (Å²) in [5.41, 5.74) is 7.01. The Bertz CT molecular complexity index is 650. The average molecular weight is 281 g/mol. The number of carbonyl (C=O) groups is 1. The molecular weight excluding hydrogens is 266 g/mol. The number of benzene rings is 2. The van der Waals surface area contributed by atoms with E-state index < -0.39 is 6.10 Å². The van der Waals surface area contributed by atoms with E-state index in [2.05, 4.69) is 10.9 Å². The summed E-state index contributed by atoms with van der Waals surface area (Å²) in [4.78, 5) is 11.8. The van der Waals surface area contributed by atoms with E-state index in [9.17, 15) is 9.90 Å². The lowest BCUT2D eigenvalue weighted by atomic mass is 10.1. The van der Waals surface area contributed by atoms with E-state index in [-0.39, 0.29) is 12.3 Å². The molecule has 0 aromatic heterocycles. The molecule has 1 atom stereocenters. The van der Waals surface area contributed by atoms with Crippen LogP contribution >= 0.6 is 0 Å². The van der Waals surface area contributed by atoms with Crippen LogP contribution in [0.3, 0.4) is 0 Å². The number of hydrogen-bond donors (Lipinski definition) is 3. The van der Waals surface area contributed by atoms with Gasteiger partial charge >= 0.3 is 0 Å². The number of carbonyl (C=O) groups excluding carboxylic acids is 1. The fourth-order valence-corrected chi connectivity index (χ4v) is 1.83. The van der Waals surface area contributed by atoms with E-state index in [4.69, 9.17) is 5.26 Å². The first-order valence-electron chi connectivity index (χ1n) is 6.47. The van der Waals surface area contributed by atoms with Crippen LogP contribution in [0.5, 0.6) is 0 Å². The van der Waals surface area contributed by atoms with Gasteiger partial charge in [0.1, 0.15) is 0 Å². The summed E-state index contributed by atoms with van der Waals surface area (Å²) in [6.45, 7) is 0. The molecule has 0 aliphatic heterocycles. The van der Waals surface area contributed by atoms with E-state index in [1.54, 1.807) is 36.4 Å². The number of aliphatic hydroxyl groups is 1. The third-order valence-electron chi connectivity index (χ3n) is 2.90. The van der Waals surface area contributed by atoms with Crippen molar-refractivity contribution in [3.05, 3.63) is 65.7 Å². The van der Waals surface area contributed by atoms with Gasteiger partial charge in [-0.3, -0.25) is 15.6 Å². The van der Waals surface area contributed by atoms with Crippen molar-refractivity contribution in [2.24, 2.45) is 0 Å². The fourth-order valence-electron chi connectivity index (χ4n) is 1.83. The lowest BCUT2D eigenvalue weighted by molar-refractivity contribution is -0.122. The lowest BCUT2D eigenvalue weighted by Gasteiger charge is -2.12. The number of aliphatic hydroxyl groups excluding tert-OH is 1. The van der Waals surface area contributed by atoms with Crippen molar-refractivity contribution in [3.8, 4) is 6.07 Å². The maximum absolute atomic E-state index is 11.8. The van der Waals surface area contributed by atoms with E-state index in [1.807, 2.05) is 24.3 Å². The number of hydrogen-bond acceptors (Lipinski definition) is 4. The van der Waals surface area contributed by atoms with Gasteiger partial charge < -0.3 is 5.11 Å². The Kier molecular flexibility index (Phi) is 4.91. The highest BCUT2D eigenvalue weighted by atomic mass is 16.3. The zero-order valence-electron chi connectivity index (χ0n) is 11.3. The molecular formula is C16H15N3O2. The maximum atomic E-state index is 11.8. The van der Waals surface area contributed by atoms with Crippen molar-refractivity contribution in [1.82, 2.24) is 5.43 Å².